The van der Waals surface area contributed by atoms with E-state index in [0.717, 1.165) is 0 Å². The highest BCUT2D eigenvalue weighted by Crippen LogP contribution is 2.30. The second kappa shape index (κ2) is 5.90. The molecule has 0 fully saturated rings. The van der Waals surface area contributed by atoms with E-state index in [2.05, 4.69) is 6.58 Å². The number of hydrogen-bond acceptors (Lipinski definition) is 3. The van der Waals surface area contributed by atoms with Crippen LogP contribution in [0, 0.1) is 5.41 Å². The Labute approximate surface area is 120 Å². The van der Waals surface area contributed by atoms with Crippen molar-refractivity contribution < 1.29 is 14.3 Å². The Kier molecular flexibility index (Phi) is 4.71. The first-order valence-electron chi connectivity index (χ1n) is 6.39. The molecular weight excluding hydrogens is 254 g/mol. The number of para-hydroxylation sites is 2. The maximum Gasteiger partial charge on any atom is 0.316 e. The van der Waals surface area contributed by atoms with Gasteiger partial charge in [-0.05, 0) is 39.8 Å². The zero-order chi connectivity index (χ0) is 15.5. The number of amides is 1. The first kappa shape index (κ1) is 16.0. The molecule has 20 heavy (non-hydrogen) atoms. The SMILES string of the molecule is C=C(C)C(=O)N(C)c1ccccc1OC(=O)C(C)(C)C. The van der Waals surface area contributed by atoms with Crippen LogP contribution in [0.5, 0.6) is 5.75 Å². The van der Waals surface area contributed by atoms with Crippen molar-refractivity contribution in [2.45, 2.75) is 27.7 Å². The van der Waals surface area contributed by atoms with Gasteiger partial charge in [-0.1, -0.05) is 18.7 Å². The third-order valence-electron chi connectivity index (χ3n) is 2.71. The van der Waals surface area contributed by atoms with E-state index < -0.39 is 5.41 Å². The molecule has 0 aromatic heterocycles. The summed E-state index contributed by atoms with van der Waals surface area (Å²) in [5.74, 6) is -0.199. The van der Waals surface area contributed by atoms with Crippen LogP contribution in [0.2, 0.25) is 0 Å². The summed E-state index contributed by atoms with van der Waals surface area (Å²) in [5.41, 5.74) is 0.354. The predicted octanol–water partition coefficient (Wildman–Crippen LogP) is 3.18. The Hall–Kier alpha value is -2.10. The minimum Gasteiger partial charge on any atom is -0.424 e. The predicted molar refractivity (Wildman–Crippen MR) is 79.8 cm³/mol. The van der Waals surface area contributed by atoms with Gasteiger partial charge in [0.05, 0.1) is 11.1 Å². The molecule has 0 unspecified atom stereocenters. The zero-order valence-electron chi connectivity index (χ0n) is 12.7. The van der Waals surface area contributed by atoms with Gasteiger partial charge in [-0.15, -0.1) is 0 Å². The quantitative estimate of drug-likeness (QED) is 0.483. The fourth-order valence-corrected chi connectivity index (χ4v) is 1.47. The molecular formula is C16H21NO3. The first-order chi connectivity index (χ1) is 9.14. The van der Waals surface area contributed by atoms with Gasteiger partial charge in [0.1, 0.15) is 0 Å². The monoisotopic (exact) mass is 275 g/mol. The first-order valence-corrected chi connectivity index (χ1v) is 6.39. The Bertz CT molecular complexity index is 541. The highest BCUT2D eigenvalue weighted by molar-refractivity contribution is 6.05. The summed E-state index contributed by atoms with van der Waals surface area (Å²) in [5, 5.41) is 0. The van der Waals surface area contributed by atoms with E-state index in [-0.39, 0.29) is 11.9 Å². The molecule has 0 atom stereocenters. The number of nitrogens with zero attached hydrogens (tertiary/aromatic N) is 1. The largest absolute Gasteiger partial charge is 0.424 e. The lowest BCUT2D eigenvalue weighted by Gasteiger charge is -2.22. The molecule has 1 amide bonds. The Balaban J connectivity index is 3.09. The molecule has 0 N–H and O–H groups in total. The lowest BCUT2D eigenvalue weighted by atomic mass is 9.97. The Morgan fingerprint density at radius 2 is 1.75 bits per heavy atom. The van der Waals surface area contributed by atoms with E-state index in [1.807, 2.05) is 0 Å². The molecule has 108 valence electrons. The summed E-state index contributed by atoms with van der Waals surface area (Å²) in [4.78, 5) is 25.4. The van der Waals surface area contributed by atoms with E-state index in [1.54, 1.807) is 59.0 Å². The molecule has 0 heterocycles. The van der Waals surface area contributed by atoms with Crippen molar-refractivity contribution in [1.29, 1.82) is 0 Å². The molecule has 0 aliphatic heterocycles. The maximum atomic E-state index is 12.0. The van der Waals surface area contributed by atoms with Crippen LogP contribution in [0.4, 0.5) is 5.69 Å². The van der Waals surface area contributed by atoms with Gasteiger partial charge in [-0.3, -0.25) is 9.59 Å². The average molecular weight is 275 g/mol. The molecule has 0 saturated carbocycles. The minimum absolute atomic E-state index is 0.218. The molecule has 4 nitrogen and oxygen atoms in total. The summed E-state index contributed by atoms with van der Waals surface area (Å²) in [6.45, 7) is 10.6. The molecule has 0 saturated heterocycles. The number of carbonyl (C=O) groups is 2. The highest BCUT2D eigenvalue weighted by Gasteiger charge is 2.25. The topological polar surface area (TPSA) is 46.6 Å². The summed E-state index contributed by atoms with van der Waals surface area (Å²) in [7, 11) is 1.63. The van der Waals surface area contributed by atoms with E-state index in [4.69, 9.17) is 4.74 Å². The Morgan fingerprint density at radius 3 is 2.25 bits per heavy atom. The van der Waals surface area contributed by atoms with Gasteiger partial charge in [0.2, 0.25) is 0 Å². The van der Waals surface area contributed by atoms with E-state index >= 15 is 0 Å². The van der Waals surface area contributed by atoms with E-state index in [1.165, 1.54) is 4.90 Å². The second-order valence-electron chi connectivity index (χ2n) is 5.75. The third-order valence-corrected chi connectivity index (χ3v) is 2.71. The standard InChI is InChI=1S/C16H21NO3/c1-11(2)14(18)17(6)12-9-7-8-10-13(12)20-15(19)16(3,4)5/h7-10H,1H2,2-6H3. The van der Waals surface area contributed by atoms with Crippen LogP contribution in [-0.2, 0) is 9.59 Å². The van der Waals surface area contributed by atoms with Crippen molar-refractivity contribution in [2.75, 3.05) is 11.9 Å². The number of likely N-dealkylation sites (N-methyl/N-ethyl adjacent to an activating group) is 1. The second-order valence-corrected chi connectivity index (χ2v) is 5.75. The van der Waals surface area contributed by atoms with Crippen LogP contribution >= 0.6 is 0 Å². The number of esters is 1. The number of rotatable bonds is 3. The van der Waals surface area contributed by atoms with Gasteiger partial charge in [0.15, 0.2) is 5.75 Å². The molecule has 1 rings (SSSR count). The van der Waals surface area contributed by atoms with Gasteiger partial charge >= 0.3 is 5.97 Å². The van der Waals surface area contributed by atoms with Crippen molar-refractivity contribution in [3.8, 4) is 5.75 Å². The van der Waals surface area contributed by atoms with Crippen molar-refractivity contribution in [3.63, 3.8) is 0 Å². The molecule has 4 heteroatoms. The highest BCUT2D eigenvalue weighted by atomic mass is 16.5. The molecule has 0 aliphatic rings. The molecule has 1 aromatic rings. The van der Waals surface area contributed by atoms with E-state index in [0.29, 0.717) is 17.0 Å². The van der Waals surface area contributed by atoms with Crippen molar-refractivity contribution in [2.24, 2.45) is 5.41 Å². The fourth-order valence-electron chi connectivity index (χ4n) is 1.47. The van der Waals surface area contributed by atoms with Crippen LogP contribution in [-0.4, -0.2) is 18.9 Å². The smallest absolute Gasteiger partial charge is 0.316 e. The zero-order valence-corrected chi connectivity index (χ0v) is 12.7. The maximum absolute atomic E-state index is 12.0. The van der Waals surface area contributed by atoms with Gasteiger partial charge in [-0.25, -0.2) is 0 Å². The number of anilines is 1. The minimum atomic E-state index is -0.607. The number of carbonyl (C=O) groups excluding carboxylic acids is 2. The Morgan fingerprint density at radius 1 is 1.20 bits per heavy atom. The molecule has 0 radical (unpaired) electrons. The van der Waals surface area contributed by atoms with E-state index in [9.17, 15) is 9.59 Å². The summed E-state index contributed by atoms with van der Waals surface area (Å²) in [6.07, 6.45) is 0. The van der Waals surface area contributed by atoms with Crippen LogP contribution in [0.25, 0.3) is 0 Å². The average Bonchev–Trinajstić information content (AvgIpc) is 2.36. The van der Waals surface area contributed by atoms with Gasteiger partial charge in [-0.2, -0.15) is 0 Å². The van der Waals surface area contributed by atoms with Crippen molar-refractivity contribution in [3.05, 3.63) is 36.4 Å². The summed E-state index contributed by atoms with van der Waals surface area (Å²) in [6, 6.07) is 6.94. The van der Waals surface area contributed by atoms with Crippen LogP contribution in [0.1, 0.15) is 27.7 Å². The molecule has 0 aliphatic carbocycles. The number of benzene rings is 1. The van der Waals surface area contributed by atoms with Gasteiger partial charge < -0.3 is 9.64 Å². The third kappa shape index (κ3) is 3.70. The summed E-state index contributed by atoms with van der Waals surface area (Å²) >= 11 is 0. The fraction of sp³-hybridized carbons (Fsp3) is 0.375. The lowest BCUT2D eigenvalue weighted by Crippen LogP contribution is -2.29. The number of hydrogen-bond donors (Lipinski definition) is 0. The summed E-state index contributed by atoms with van der Waals surface area (Å²) < 4.78 is 5.40. The van der Waals surface area contributed by atoms with Gasteiger partial charge in [0, 0.05) is 12.6 Å². The van der Waals surface area contributed by atoms with Crippen LogP contribution in [0.3, 0.4) is 0 Å². The van der Waals surface area contributed by atoms with Crippen molar-refractivity contribution >= 4 is 17.6 Å². The molecule has 0 bridgehead atoms. The van der Waals surface area contributed by atoms with Crippen LogP contribution < -0.4 is 9.64 Å². The number of ether oxygens (including phenoxy) is 1. The molecule has 1 aromatic carbocycles. The van der Waals surface area contributed by atoms with Crippen LogP contribution in [0.15, 0.2) is 36.4 Å². The normalized spacial score (nSPS) is 10.8. The van der Waals surface area contributed by atoms with Crippen molar-refractivity contribution in [1.82, 2.24) is 0 Å². The molecule has 0 spiro atoms. The van der Waals surface area contributed by atoms with Gasteiger partial charge in [0.25, 0.3) is 5.91 Å². The lowest BCUT2D eigenvalue weighted by molar-refractivity contribution is -0.143.